The SMILES string of the molecule is O=S(=O)(c1cn[nH]c1)N(CC1CCOC1)C1CC1. The van der Waals surface area contributed by atoms with Gasteiger partial charge in [-0.2, -0.15) is 9.40 Å². The predicted octanol–water partition coefficient (Wildman–Crippen LogP) is 0.599. The molecule has 100 valence electrons. The van der Waals surface area contributed by atoms with Crippen LogP contribution in [0.5, 0.6) is 0 Å². The third kappa shape index (κ3) is 2.30. The van der Waals surface area contributed by atoms with E-state index in [0.29, 0.717) is 19.1 Å². The highest BCUT2D eigenvalue weighted by Gasteiger charge is 2.40. The number of nitrogens with one attached hydrogen (secondary N) is 1. The fourth-order valence-electron chi connectivity index (χ4n) is 2.30. The van der Waals surface area contributed by atoms with E-state index in [0.717, 1.165) is 25.9 Å². The van der Waals surface area contributed by atoms with Crippen LogP contribution in [0.1, 0.15) is 19.3 Å². The van der Waals surface area contributed by atoms with Crippen LogP contribution in [0, 0.1) is 5.92 Å². The average Bonchev–Trinajstić information content (AvgIpc) is 2.87. The summed E-state index contributed by atoms with van der Waals surface area (Å²) in [7, 11) is -3.40. The number of rotatable bonds is 5. The van der Waals surface area contributed by atoms with Gasteiger partial charge in [0, 0.05) is 25.4 Å². The van der Waals surface area contributed by atoms with Crippen molar-refractivity contribution in [2.45, 2.75) is 30.2 Å². The zero-order valence-electron chi connectivity index (χ0n) is 10.1. The van der Waals surface area contributed by atoms with E-state index in [9.17, 15) is 8.42 Å². The zero-order valence-corrected chi connectivity index (χ0v) is 10.9. The maximum Gasteiger partial charge on any atom is 0.246 e. The van der Waals surface area contributed by atoms with Crippen LogP contribution in [-0.2, 0) is 14.8 Å². The van der Waals surface area contributed by atoms with Crippen molar-refractivity contribution in [1.82, 2.24) is 14.5 Å². The van der Waals surface area contributed by atoms with Gasteiger partial charge in [0.15, 0.2) is 0 Å². The molecule has 0 amide bonds. The molecule has 1 aliphatic heterocycles. The molecule has 1 aromatic rings. The van der Waals surface area contributed by atoms with Gasteiger partial charge >= 0.3 is 0 Å². The van der Waals surface area contributed by atoms with Gasteiger partial charge in [0.2, 0.25) is 10.0 Å². The number of sulfonamides is 1. The fourth-order valence-corrected chi connectivity index (χ4v) is 3.97. The van der Waals surface area contributed by atoms with Gasteiger partial charge in [-0.25, -0.2) is 8.42 Å². The molecule has 7 heteroatoms. The maximum absolute atomic E-state index is 12.5. The van der Waals surface area contributed by atoms with Crippen molar-refractivity contribution in [1.29, 1.82) is 0 Å². The first kappa shape index (κ1) is 12.1. The first-order valence-corrected chi connectivity index (χ1v) is 7.70. The van der Waals surface area contributed by atoms with Crippen LogP contribution in [0.25, 0.3) is 0 Å². The van der Waals surface area contributed by atoms with Gasteiger partial charge in [-0.05, 0) is 25.2 Å². The summed E-state index contributed by atoms with van der Waals surface area (Å²) in [5.74, 6) is 0.326. The van der Waals surface area contributed by atoms with E-state index in [1.807, 2.05) is 0 Å². The Labute approximate surface area is 106 Å². The highest BCUT2D eigenvalue weighted by Crippen LogP contribution is 2.33. The Bertz CT molecular complexity index is 490. The average molecular weight is 271 g/mol. The molecule has 18 heavy (non-hydrogen) atoms. The molecule has 0 bridgehead atoms. The Morgan fingerprint density at radius 1 is 1.44 bits per heavy atom. The molecule has 1 saturated heterocycles. The summed E-state index contributed by atoms with van der Waals surface area (Å²) in [5, 5.41) is 6.29. The minimum Gasteiger partial charge on any atom is -0.381 e. The van der Waals surface area contributed by atoms with Gasteiger partial charge in [-0.15, -0.1) is 0 Å². The Morgan fingerprint density at radius 2 is 2.28 bits per heavy atom. The monoisotopic (exact) mass is 271 g/mol. The van der Waals surface area contributed by atoms with Crippen molar-refractivity contribution in [3.05, 3.63) is 12.4 Å². The lowest BCUT2D eigenvalue weighted by Crippen LogP contribution is -2.37. The van der Waals surface area contributed by atoms with Crippen LogP contribution in [0.2, 0.25) is 0 Å². The lowest BCUT2D eigenvalue weighted by molar-refractivity contribution is 0.180. The van der Waals surface area contributed by atoms with Crippen molar-refractivity contribution >= 4 is 10.0 Å². The van der Waals surface area contributed by atoms with Gasteiger partial charge in [-0.1, -0.05) is 0 Å². The van der Waals surface area contributed by atoms with Crippen LogP contribution in [-0.4, -0.2) is 48.7 Å². The molecule has 1 unspecified atom stereocenters. The zero-order chi connectivity index (χ0) is 12.6. The Morgan fingerprint density at radius 3 is 2.83 bits per heavy atom. The van der Waals surface area contributed by atoms with E-state index < -0.39 is 10.0 Å². The molecule has 0 spiro atoms. The second kappa shape index (κ2) is 4.64. The molecule has 1 aliphatic carbocycles. The molecule has 1 N–H and O–H groups in total. The summed E-state index contributed by atoms with van der Waals surface area (Å²) in [4.78, 5) is 0.258. The lowest BCUT2D eigenvalue weighted by Gasteiger charge is -2.23. The van der Waals surface area contributed by atoms with Crippen molar-refractivity contribution in [3.8, 4) is 0 Å². The Hall–Kier alpha value is -0.920. The number of nitrogens with zero attached hydrogens (tertiary/aromatic N) is 2. The topological polar surface area (TPSA) is 75.3 Å². The highest BCUT2D eigenvalue weighted by atomic mass is 32.2. The van der Waals surface area contributed by atoms with Crippen LogP contribution in [0.4, 0.5) is 0 Å². The molecule has 3 rings (SSSR count). The minimum absolute atomic E-state index is 0.172. The van der Waals surface area contributed by atoms with E-state index in [4.69, 9.17) is 4.74 Å². The molecular weight excluding hydrogens is 254 g/mol. The molecule has 2 aliphatic rings. The Kier molecular flexibility index (Phi) is 3.13. The van der Waals surface area contributed by atoms with Gasteiger partial charge < -0.3 is 4.74 Å². The smallest absolute Gasteiger partial charge is 0.246 e. The van der Waals surface area contributed by atoms with Crippen molar-refractivity contribution in [3.63, 3.8) is 0 Å². The molecule has 1 atom stereocenters. The van der Waals surface area contributed by atoms with E-state index >= 15 is 0 Å². The molecule has 1 saturated carbocycles. The van der Waals surface area contributed by atoms with E-state index in [-0.39, 0.29) is 10.9 Å². The molecule has 2 fully saturated rings. The third-order valence-electron chi connectivity index (χ3n) is 3.50. The number of H-pyrrole nitrogens is 1. The van der Waals surface area contributed by atoms with Crippen LogP contribution in [0.3, 0.4) is 0 Å². The normalized spacial score (nSPS) is 24.8. The van der Waals surface area contributed by atoms with Gasteiger partial charge in [-0.3, -0.25) is 5.10 Å². The van der Waals surface area contributed by atoms with Gasteiger partial charge in [0.1, 0.15) is 4.90 Å². The summed E-state index contributed by atoms with van der Waals surface area (Å²) in [6.07, 6.45) is 5.69. The number of ether oxygens (including phenoxy) is 1. The summed E-state index contributed by atoms with van der Waals surface area (Å²) in [6, 6.07) is 0.172. The third-order valence-corrected chi connectivity index (χ3v) is 5.38. The second-order valence-corrected chi connectivity index (χ2v) is 6.86. The number of aromatic nitrogens is 2. The highest BCUT2D eigenvalue weighted by molar-refractivity contribution is 7.89. The number of hydrogen-bond donors (Lipinski definition) is 1. The summed E-state index contributed by atoms with van der Waals surface area (Å²) in [5.41, 5.74) is 0. The molecule has 0 aromatic carbocycles. The predicted molar refractivity (Wildman–Crippen MR) is 64.4 cm³/mol. The molecule has 0 radical (unpaired) electrons. The summed E-state index contributed by atoms with van der Waals surface area (Å²) < 4.78 is 31.9. The summed E-state index contributed by atoms with van der Waals surface area (Å²) in [6.45, 7) is 1.98. The molecular formula is C11H17N3O3S. The molecule has 2 heterocycles. The van der Waals surface area contributed by atoms with Crippen molar-refractivity contribution in [2.75, 3.05) is 19.8 Å². The first-order valence-electron chi connectivity index (χ1n) is 6.26. The van der Waals surface area contributed by atoms with Crippen molar-refractivity contribution < 1.29 is 13.2 Å². The van der Waals surface area contributed by atoms with Crippen molar-refractivity contribution in [2.24, 2.45) is 5.92 Å². The fraction of sp³-hybridized carbons (Fsp3) is 0.727. The quantitative estimate of drug-likeness (QED) is 0.851. The standard InChI is InChI=1S/C11H17N3O3S/c15-18(16,11-5-12-13-6-11)14(10-1-2-10)7-9-3-4-17-8-9/h5-6,9-10H,1-4,7-8H2,(H,12,13). The first-order chi connectivity index (χ1) is 8.68. The van der Waals surface area contributed by atoms with Crippen LogP contribution >= 0.6 is 0 Å². The number of hydrogen-bond acceptors (Lipinski definition) is 4. The maximum atomic E-state index is 12.5. The number of aromatic amines is 1. The summed E-state index contributed by atoms with van der Waals surface area (Å²) >= 11 is 0. The van der Waals surface area contributed by atoms with Crippen LogP contribution in [0.15, 0.2) is 17.3 Å². The van der Waals surface area contributed by atoms with Gasteiger partial charge in [0.25, 0.3) is 0 Å². The minimum atomic E-state index is -3.40. The van der Waals surface area contributed by atoms with Gasteiger partial charge in [0.05, 0.1) is 12.8 Å². The molecule has 1 aromatic heterocycles. The lowest BCUT2D eigenvalue weighted by atomic mass is 10.1. The van der Waals surface area contributed by atoms with E-state index in [1.165, 1.54) is 12.4 Å². The largest absolute Gasteiger partial charge is 0.381 e. The van der Waals surface area contributed by atoms with E-state index in [1.54, 1.807) is 4.31 Å². The van der Waals surface area contributed by atoms with E-state index in [2.05, 4.69) is 10.2 Å². The Balaban J connectivity index is 1.80. The molecule has 6 nitrogen and oxygen atoms in total. The van der Waals surface area contributed by atoms with Crippen LogP contribution < -0.4 is 0 Å². The second-order valence-electron chi connectivity index (χ2n) is 4.97.